The summed E-state index contributed by atoms with van der Waals surface area (Å²) in [4.78, 5) is 0. The minimum Gasteiger partial charge on any atom is -0.486 e. The fourth-order valence-corrected chi connectivity index (χ4v) is 2.00. The summed E-state index contributed by atoms with van der Waals surface area (Å²) in [5.74, 6) is 2.13. The zero-order chi connectivity index (χ0) is 15.1. The molecule has 0 aliphatic carbocycles. The lowest BCUT2D eigenvalue weighted by atomic mass is 10.0. The Bertz CT molecular complexity index is 532. The van der Waals surface area contributed by atoms with Crippen LogP contribution in [0.5, 0.6) is 5.75 Å². The van der Waals surface area contributed by atoms with E-state index in [-0.39, 0.29) is 0 Å². The van der Waals surface area contributed by atoms with Crippen LogP contribution >= 0.6 is 0 Å². The smallest absolute Gasteiger partial charge is 0.174 e. The van der Waals surface area contributed by atoms with Crippen LogP contribution in [0.1, 0.15) is 50.1 Å². The molecule has 0 saturated heterocycles. The maximum absolute atomic E-state index is 5.71. The molecule has 0 aliphatic heterocycles. The lowest BCUT2D eigenvalue weighted by Crippen LogP contribution is -2.13. The highest BCUT2D eigenvalue weighted by atomic mass is 16.5. The van der Waals surface area contributed by atoms with Gasteiger partial charge in [-0.2, -0.15) is 0 Å². The van der Waals surface area contributed by atoms with Gasteiger partial charge in [-0.05, 0) is 36.6 Å². The van der Waals surface area contributed by atoms with Crippen LogP contribution in [0.3, 0.4) is 0 Å². The van der Waals surface area contributed by atoms with Gasteiger partial charge < -0.3 is 14.6 Å². The minimum atomic E-state index is 0.405. The van der Waals surface area contributed by atoms with Crippen LogP contribution in [0, 0.1) is 0 Å². The Balaban J connectivity index is 1.82. The molecule has 0 saturated carbocycles. The van der Waals surface area contributed by atoms with Gasteiger partial charge in [-0.3, -0.25) is 0 Å². The minimum absolute atomic E-state index is 0.405. The molecule has 0 radical (unpaired) electrons. The van der Waals surface area contributed by atoms with Gasteiger partial charge in [0.05, 0.1) is 5.69 Å². The Morgan fingerprint density at radius 1 is 1.24 bits per heavy atom. The molecule has 0 aliphatic rings. The van der Waals surface area contributed by atoms with E-state index in [0.29, 0.717) is 12.5 Å². The average Bonchev–Trinajstić information content (AvgIpc) is 2.94. The predicted octanol–water partition coefficient (Wildman–Crippen LogP) is 3.88. The summed E-state index contributed by atoms with van der Waals surface area (Å²) in [6.07, 6.45) is 1.11. The summed E-state index contributed by atoms with van der Waals surface area (Å²) in [5, 5.41) is 7.31. The fraction of sp³-hybridized carbons (Fsp3) is 0.471. The van der Waals surface area contributed by atoms with E-state index in [1.165, 1.54) is 5.56 Å². The Labute approximate surface area is 126 Å². The highest BCUT2D eigenvalue weighted by Gasteiger charge is 2.05. The molecule has 0 unspecified atom stereocenters. The lowest BCUT2D eigenvalue weighted by Gasteiger charge is -2.07. The molecular weight excluding hydrogens is 264 g/mol. The third kappa shape index (κ3) is 4.90. The van der Waals surface area contributed by atoms with Crippen molar-refractivity contribution in [3.8, 4) is 5.75 Å². The molecule has 1 aromatic carbocycles. The monoisotopic (exact) mass is 288 g/mol. The number of hydrogen-bond acceptors (Lipinski definition) is 4. The third-order valence-corrected chi connectivity index (χ3v) is 3.27. The lowest BCUT2D eigenvalue weighted by molar-refractivity contribution is 0.248. The van der Waals surface area contributed by atoms with Crippen LogP contribution < -0.4 is 10.1 Å². The largest absolute Gasteiger partial charge is 0.486 e. The van der Waals surface area contributed by atoms with Crippen LogP contribution in [-0.2, 0) is 13.2 Å². The van der Waals surface area contributed by atoms with E-state index in [1.54, 1.807) is 0 Å². The molecule has 114 valence electrons. The second-order valence-corrected chi connectivity index (χ2v) is 5.47. The standard InChI is InChI=1S/C17H24N2O2/c1-4-9-18-11-15-10-17(21-19-15)12-20-16-7-5-14(6-8-16)13(2)3/h5-8,10,13,18H,4,9,11-12H2,1-3H3. The van der Waals surface area contributed by atoms with Crippen LogP contribution in [-0.4, -0.2) is 11.7 Å². The van der Waals surface area contributed by atoms with Crippen molar-refractivity contribution in [1.29, 1.82) is 0 Å². The first kappa shape index (κ1) is 15.6. The summed E-state index contributed by atoms with van der Waals surface area (Å²) in [6.45, 7) is 8.62. The van der Waals surface area contributed by atoms with Gasteiger partial charge in [-0.15, -0.1) is 0 Å². The van der Waals surface area contributed by atoms with E-state index in [2.05, 4.69) is 43.4 Å². The van der Waals surface area contributed by atoms with Crippen molar-refractivity contribution in [2.75, 3.05) is 6.54 Å². The first-order valence-electron chi connectivity index (χ1n) is 7.57. The molecule has 2 rings (SSSR count). The van der Waals surface area contributed by atoms with Crippen molar-refractivity contribution in [2.45, 2.75) is 46.3 Å². The number of benzene rings is 1. The SMILES string of the molecule is CCCNCc1cc(COc2ccc(C(C)C)cc2)on1. The average molecular weight is 288 g/mol. The van der Waals surface area contributed by atoms with Gasteiger partial charge in [0.15, 0.2) is 5.76 Å². The molecule has 1 aromatic heterocycles. The van der Waals surface area contributed by atoms with E-state index < -0.39 is 0 Å². The van der Waals surface area contributed by atoms with Crippen molar-refractivity contribution >= 4 is 0 Å². The molecule has 0 amide bonds. The first-order valence-corrected chi connectivity index (χ1v) is 7.57. The second kappa shape index (κ2) is 7.84. The molecule has 1 N–H and O–H groups in total. The number of nitrogens with one attached hydrogen (secondary N) is 1. The first-order chi connectivity index (χ1) is 10.2. The zero-order valence-corrected chi connectivity index (χ0v) is 13.1. The van der Waals surface area contributed by atoms with E-state index in [9.17, 15) is 0 Å². The number of ether oxygens (including phenoxy) is 1. The van der Waals surface area contributed by atoms with Crippen molar-refractivity contribution < 1.29 is 9.26 Å². The molecule has 4 nitrogen and oxygen atoms in total. The molecular formula is C17H24N2O2. The van der Waals surface area contributed by atoms with Crippen LogP contribution in [0.2, 0.25) is 0 Å². The molecule has 21 heavy (non-hydrogen) atoms. The molecule has 2 aromatic rings. The number of nitrogens with zero attached hydrogens (tertiary/aromatic N) is 1. The maximum atomic E-state index is 5.71. The van der Waals surface area contributed by atoms with Crippen LogP contribution in [0.15, 0.2) is 34.9 Å². The van der Waals surface area contributed by atoms with Crippen molar-refractivity contribution in [2.24, 2.45) is 0 Å². The summed E-state index contributed by atoms with van der Waals surface area (Å²) in [5.41, 5.74) is 2.23. The normalized spacial score (nSPS) is 11.0. The molecule has 0 fully saturated rings. The van der Waals surface area contributed by atoms with E-state index in [0.717, 1.165) is 36.7 Å². The van der Waals surface area contributed by atoms with E-state index in [1.807, 2.05) is 18.2 Å². The number of aromatic nitrogens is 1. The maximum Gasteiger partial charge on any atom is 0.174 e. The summed E-state index contributed by atoms with van der Waals surface area (Å²) >= 11 is 0. The van der Waals surface area contributed by atoms with Gasteiger partial charge in [-0.25, -0.2) is 0 Å². The highest BCUT2D eigenvalue weighted by Crippen LogP contribution is 2.19. The van der Waals surface area contributed by atoms with E-state index in [4.69, 9.17) is 9.26 Å². The van der Waals surface area contributed by atoms with Gasteiger partial charge in [0.2, 0.25) is 0 Å². The van der Waals surface area contributed by atoms with Crippen molar-refractivity contribution in [3.63, 3.8) is 0 Å². The Morgan fingerprint density at radius 2 is 2.00 bits per heavy atom. The Morgan fingerprint density at radius 3 is 2.67 bits per heavy atom. The summed E-state index contributed by atoms with van der Waals surface area (Å²) in [7, 11) is 0. The highest BCUT2D eigenvalue weighted by molar-refractivity contribution is 5.29. The molecule has 1 heterocycles. The summed E-state index contributed by atoms with van der Waals surface area (Å²) < 4.78 is 11.0. The van der Waals surface area contributed by atoms with Gasteiger partial charge >= 0.3 is 0 Å². The Hall–Kier alpha value is -1.81. The summed E-state index contributed by atoms with van der Waals surface area (Å²) in [6, 6.07) is 10.1. The number of rotatable bonds is 8. The van der Waals surface area contributed by atoms with Crippen molar-refractivity contribution in [1.82, 2.24) is 10.5 Å². The van der Waals surface area contributed by atoms with Gasteiger partial charge in [0.25, 0.3) is 0 Å². The molecule has 4 heteroatoms. The molecule has 0 spiro atoms. The van der Waals surface area contributed by atoms with Crippen LogP contribution in [0.4, 0.5) is 0 Å². The topological polar surface area (TPSA) is 47.3 Å². The predicted molar refractivity (Wildman–Crippen MR) is 83.4 cm³/mol. The van der Waals surface area contributed by atoms with Gasteiger partial charge in [0, 0.05) is 12.6 Å². The van der Waals surface area contributed by atoms with Gasteiger partial charge in [0.1, 0.15) is 12.4 Å². The van der Waals surface area contributed by atoms with Crippen LogP contribution in [0.25, 0.3) is 0 Å². The second-order valence-electron chi connectivity index (χ2n) is 5.47. The zero-order valence-electron chi connectivity index (χ0n) is 13.1. The van der Waals surface area contributed by atoms with Gasteiger partial charge in [-0.1, -0.05) is 38.1 Å². The third-order valence-electron chi connectivity index (χ3n) is 3.27. The number of hydrogen-bond donors (Lipinski definition) is 1. The fourth-order valence-electron chi connectivity index (χ4n) is 2.00. The molecule has 0 atom stereocenters. The Kier molecular flexibility index (Phi) is 5.81. The van der Waals surface area contributed by atoms with Crippen molar-refractivity contribution in [3.05, 3.63) is 47.3 Å². The molecule has 0 bridgehead atoms. The quantitative estimate of drug-likeness (QED) is 0.749. The van der Waals surface area contributed by atoms with E-state index >= 15 is 0 Å².